The molecule has 0 fully saturated rings. The molecule has 22 heavy (non-hydrogen) atoms. The van der Waals surface area contributed by atoms with Gasteiger partial charge in [-0.1, -0.05) is 11.6 Å². The molecule has 0 saturated carbocycles. The lowest BCUT2D eigenvalue weighted by Crippen LogP contribution is -1.97. The van der Waals surface area contributed by atoms with Gasteiger partial charge in [-0.15, -0.1) is 11.8 Å². The number of thioether (sulfide) groups is 1. The maximum atomic E-state index is 9.33. The van der Waals surface area contributed by atoms with E-state index >= 15 is 0 Å². The van der Waals surface area contributed by atoms with E-state index < -0.39 is 0 Å². The number of methoxy groups -OCH3 is 1. The first-order valence-electron chi connectivity index (χ1n) is 7.07. The summed E-state index contributed by atoms with van der Waals surface area (Å²) < 4.78 is 10.7. The van der Waals surface area contributed by atoms with Gasteiger partial charge in [-0.2, -0.15) is 0 Å². The highest BCUT2D eigenvalue weighted by Gasteiger charge is 2.01. The normalized spacial score (nSPS) is 10.5. The third-order valence-electron chi connectivity index (χ3n) is 3.05. The molecular formula is C17H19ClO3S. The van der Waals surface area contributed by atoms with E-state index in [2.05, 4.69) is 12.1 Å². The maximum absolute atomic E-state index is 9.33. The Morgan fingerprint density at radius 2 is 1.77 bits per heavy atom. The second-order valence-corrected chi connectivity index (χ2v) is 6.27. The number of hydrogen-bond donors (Lipinski definition) is 1. The predicted molar refractivity (Wildman–Crippen MR) is 91.6 cm³/mol. The van der Waals surface area contributed by atoms with Crippen molar-refractivity contribution in [3.8, 4) is 17.2 Å². The van der Waals surface area contributed by atoms with Crippen LogP contribution < -0.4 is 9.47 Å². The molecule has 118 valence electrons. The summed E-state index contributed by atoms with van der Waals surface area (Å²) in [6.45, 7) is 0.643. The zero-order valence-corrected chi connectivity index (χ0v) is 14.0. The van der Waals surface area contributed by atoms with Gasteiger partial charge < -0.3 is 14.6 Å². The number of aromatic hydroxyl groups is 1. The van der Waals surface area contributed by atoms with Gasteiger partial charge in [0, 0.05) is 11.0 Å². The molecule has 0 spiro atoms. The number of halogens is 1. The number of rotatable bonds is 8. The van der Waals surface area contributed by atoms with Gasteiger partial charge in [0.2, 0.25) is 0 Å². The van der Waals surface area contributed by atoms with Gasteiger partial charge in [-0.3, -0.25) is 0 Å². The average Bonchev–Trinajstić information content (AvgIpc) is 2.54. The monoisotopic (exact) mass is 338 g/mol. The largest absolute Gasteiger partial charge is 0.506 e. The minimum absolute atomic E-state index is 0.0740. The van der Waals surface area contributed by atoms with Gasteiger partial charge >= 0.3 is 0 Å². The molecule has 0 saturated heterocycles. The van der Waals surface area contributed by atoms with Crippen molar-refractivity contribution in [2.24, 2.45) is 0 Å². The van der Waals surface area contributed by atoms with Crippen LogP contribution in [-0.2, 0) is 0 Å². The smallest absolute Gasteiger partial charge is 0.134 e. The molecule has 0 aromatic heterocycles. The van der Waals surface area contributed by atoms with Crippen LogP contribution in [0.5, 0.6) is 17.2 Å². The number of unbranched alkanes of at least 4 members (excludes halogenated alkanes) is 1. The fourth-order valence-electron chi connectivity index (χ4n) is 1.83. The third kappa shape index (κ3) is 5.35. The van der Waals surface area contributed by atoms with Crippen molar-refractivity contribution in [1.29, 1.82) is 0 Å². The van der Waals surface area contributed by atoms with Crippen molar-refractivity contribution < 1.29 is 14.6 Å². The Bertz CT molecular complexity index is 587. The molecule has 2 rings (SSSR count). The fourth-order valence-corrected chi connectivity index (χ4v) is 2.92. The van der Waals surface area contributed by atoms with Gasteiger partial charge in [0.1, 0.15) is 17.2 Å². The number of phenolic OH excluding ortho intramolecular Hbond substituents is 1. The summed E-state index contributed by atoms with van der Waals surface area (Å²) in [6.07, 6.45) is 2.05. The maximum Gasteiger partial charge on any atom is 0.134 e. The lowest BCUT2D eigenvalue weighted by atomic mass is 10.3. The van der Waals surface area contributed by atoms with Crippen LogP contribution >= 0.6 is 23.4 Å². The second-order valence-electron chi connectivity index (χ2n) is 4.69. The van der Waals surface area contributed by atoms with E-state index in [0.717, 1.165) is 24.3 Å². The molecule has 0 aliphatic heterocycles. The molecule has 0 heterocycles. The Morgan fingerprint density at radius 1 is 1.05 bits per heavy atom. The second kappa shape index (κ2) is 8.81. The van der Waals surface area contributed by atoms with Crippen molar-refractivity contribution >= 4 is 23.4 Å². The molecule has 0 unspecified atom stereocenters. The van der Waals surface area contributed by atoms with E-state index in [4.69, 9.17) is 21.1 Å². The quantitative estimate of drug-likeness (QED) is 0.542. The molecule has 0 radical (unpaired) electrons. The molecular weight excluding hydrogens is 320 g/mol. The standard InChI is InChI=1S/C17H19ClO3S/c1-20-13-4-7-15(8-5-13)22-11-3-2-10-21-14-6-9-17(19)16(18)12-14/h4-9,12,19H,2-3,10-11H2,1H3. The molecule has 0 bridgehead atoms. The van der Waals surface area contributed by atoms with Crippen molar-refractivity contribution in [1.82, 2.24) is 0 Å². The van der Waals surface area contributed by atoms with Crippen LogP contribution in [0, 0.1) is 0 Å². The molecule has 2 aromatic carbocycles. The number of hydrogen-bond acceptors (Lipinski definition) is 4. The van der Waals surface area contributed by atoms with Crippen molar-refractivity contribution in [2.75, 3.05) is 19.5 Å². The van der Waals surface area contributed by atoms with Gasteiger partial charge in [0.25, 0.3) is 0 Å². The minimum atomic E-state index is 0.0740. The number of phenols is 1. The highest BCUT2D eigenvalue weighted by molar-refractivity contribution is 7.99. The van der Waals surface area contributed by atoms with Crippen molar-refractivity contribution in [2.45, 2.75) is 17.7 Å². The van der Waals surface area contributed by atoms with Crippen LogP contribution in [0.3, 0.4) is 0 Å². The Hall–Kier alpha value is -1.52. The summed E-state index contributed by atoms with van der Waals surface area (Å²) in [7, 11) is 1.67. The Kier molecular flexibility index (Phi) is 6.74. The van der Waals surface area contributed by atoms with Gasteiger partial charge in [0.15, 0.2) is 0 Å². The predicted octanol–water partition coefficient (Wildman–Crippen LogP) is 5.01. The summed E-state index contributed by atoms with van der Waals surface area (Å²) in [5, 5.41) is 9.64. The summed E-state index contributed by atoms with van der Waals surface area (Å²) in [4.78, 5) is 1.24. The first kappa shape index (κ1) is 16.8. The van der Waals surface area contributed by atoms with Crippen LogP contribution in [0.2, 0.25) is 5.02 Å². The minimum Gasteiger partial charge on any atom is -0.506 e. The molecule has 0 aliphatic carbocycles. The van der Waals surface area contributed by atoms with Crippen LogP contribution in [-0.4, -0.2) is 24.6 Å². The van der Waals surface area contributed by atoms with Gasteiger partial charge in [0.05, 0.1) is 18.7 Å². The van der Waals surface area contributed by atoms with E-state index in [0.29, 0.717) is 17.4 Å². The highest BCUT2D eigenvalue weighted by Crippen LogP contribution is 2.27. The first-order chi connectivity index (χ1) is 10.7. The Balaban J connectivity index is 1.61. The van der Waals surface area contributed by atoms with Crippen molar-refractivity contribution in [3.05, 3.63) is 47.5 Å². The van der Waals surface area contributed by atoms with E-state index in [1.165, 1.54) is 11.0 Å². The van der Waals surface area contributed by atoms with Gasteiger partial charge in [-0.05, 0) is 55.0 Å². The lowest BCUT2D eigenvalue weighted by Gasteiger charge is -2.07. The summed E-state index contributed by atoms with van der Waals surface area (Å²) in [5.41, 5.74) is 0. The van der Waals surface area contributed by atoms with E-state index in [1.807, 2.05) is 23.9 Å². The average molecular weight is 339 g/mol. The highest BCUT2D eigenvalue weighted by atomic mass is 35.5. The van der Waals surface area contributed by atoms with Crippen LogP contribution in [0.1, 0.15) is 12.8 Å². The third-order valence-corrected chi connectivity index (χ3v) is 4.46. The molecule has 0 atom stereocenters. The van der Waals surface area contributed by atoms with Crippen LogP contribution in [0.25, 0.3) is 0 Å². The van der Waals surface area contributed by atoms with E-state index in [-0.39, 0.29) is 5.75 Å². The zero-order chi connectivity index (χ0) is 15.8. The van der Waals surface area contributed by atoms with Gasteiger partial charge in [-0.25, -0.2) is 0 Å². The molecule has 0 amide bonds. The fraction of sp³-hybridized carbons (Fsp3) is 0.294. The summed E-state index contributed by atoms with van der Waals surface area (Å²) in [5.74, 6) is 2.69. The summed E-state index contributed by atoms with van der Waals surface area (Å²) in [6, 6.07) is 13.0. The van der Waals surface area contributed by atoms with Crippen LogP contribution in [0.15, 0.2) is 47.4 Å². The van der Waals surface area contributed by atoms with Crippen molar-refractivity contribution in [3.63, 3.8) is 0 Å². The lowest BCUT2D eigenvalue weighted by molar-refractivity contribution is 0.309. The van der Waals surface area contributed by atoms with E-state index in [1.54, 1.807) is 19.2 Å². The topological polar surface area (TPSA) is 38.7 Å². The molecule has 0 aliphatic rings. The summed E-state index contributed by atoms with van der Waals surface area (Å²) >= 11 is 7.65. The molecule has 1 N–H and O–H groups in total. The zero-order valence-electron chi connectivity index (χ0n) is 12.4. The first-order valence-corrected chi connectivity index (χ1v) is 8.43. The number of ether oxygens (including phenoxy) is 2. The molecule has 3 nitrogen and oxygen atoms in total. The molecule has 5 heteroatoms. The Labute approximate surface area is 140 Å². The number of benzene rings is 2. The SMILES string of the molecule is COc1ccc(SCCCCOc2ccc(O)c(Cl)c2)cc1. The molecule has 2 aromatic rings. The Morgan fingerprint density at radius 3 is 2.45 bits per heavy atom. The van der Waals surface area contributed by atoms with Crippen LogP contribution in [0.4, 0.5) is 0 Å². The van der Waals surface area contributed by atoms with E-state index in [9.17, 15) is 5.11 Å².